The molecular formula is C45H54N6O7. The molecule has 2 aromatic carbocycles. The van der Waals surface area contributed by atoms with Crippen molar-refractivity contribution >= 4 is 33.5 Å². The number of nitrogens with zero attached hydrogens (tertiary/aromatic N) is 6. The number of rotatable bonds is 13. The van der Waals surface area contributed by atoms with Gasteiger partial charge in [0.05, 0.1) is 29.2 Å². The van der Waals surface area contributed by atoms with Crippen LogP contribution in [0, 0.1) is 5.92 Å². The molecule has 6 heterocycles. The maximum absolute atomic E-state index is 12.4. The highest BCUT2D eigenvalue weighted by atomic mass is 16.7. The van der Waals surface area contributed by atoms with E-state index in [1.807, 2.05) is 20.0 Å². The Hall–Kier alpha value is -5.01. The van der Waals surface area contributed by atoms with Crippen LogP contribution in [0.4, 0.5) is 5.82 Å². The van der Waals surface area contributed by atoms with Crippen LogP contribution >= 0.6 is 0 Å². The number of fused-ring (bicyclic) bond motifs is 5. The van der Waals surface area contributed by atoms with Gasteiger partial charge in [0.25, 0.3) is 5.88 Å². The number of carbonyl (C=O) groups excluding carboxylic acids is 1. The van der Waals surface area contributed by atoms with Crippen molar-refractivity contribution in [3.63, 3.8) is 0 Å². The molecule has 1 aliphatic carbocycles. The lowest BCUT2D eigenvalue weighted by atomic mass is 9.79. The van der Waals surface area contributed by atoms with Crippen molar-refractivity contribution in [2.45, 2.75) is 95.6 Å². The van der Waals surface area contributed by atoms with Gasteiger partial charge in [-0.05, 0) is 84.6 Å². The molecule has 3 unspecified atom stereocenters. The highest BCUT2D eigenvalue weighted by Crippen LogP contribution is 2.49. The van der Waals surface area contributed by atoms with Crippen LogP contribution in [0.15, 0.2) is 47.1 Å². The minimum Gasteiger partial charge on any atom is -0.474 e. The summed E-state index contributed by atoms with van der Waals surface area (Å²) >= 11 is 0. The zero-order valence-electron chi connectivity index (χ0n) is 34.3. The Bertz CT molecular complexity index is 2300. The second-order valence-corrected chi connectivity index (χ2v) is 16.8. The van der Waals surface area contributed by atoms with Gasteiger partial charge in [0.2, 0.25) is 0 Å². The third-order valence-corrected chi connectivity index (χ3v) is 13.0. The van der Waals surface area contributed by atoms with Gasteiger partial charge in [0.15, 0.2) is 12.6 Å². The third kappa shape index (κ3) is 6.89. The van der Waals surface area contributed by atoms with Gasteiger partial charge in [-0.3, -0.25) is 14.7 Å². The largest absolute Gasteiger partial charge is 0.474 e. The van der Waals surface area contributed by atoms with Gasteiger partial charge in [-0.25, -0.2) is 0 Å². The lowest BCUT2D eigenvalue weighted by Gasteiger charge is -2.34. The fourth-order valence-electron chi connectivity index (χ4n) is 10.1. The molecule has 58 heavy (non-hydrogen) atoms. The predicted molar refractivity (Wildman–Crippen MR) is 220 cm³/mol. The van der Waals surface area contributed by atoms with E-state index in [-0.39, 0.29) is 36.2 Å². The van der Waals surface area contributed by atoms with Crippen LogP contribution in [0.3, 0.4) is 0 Å². The molecule has 0 spiro atoms. The first-order valence-corrected chi connectivity index (χ1v) is 21.0. The van der Waals surface area contributed by atoms with Gasteiger partial charge in [0, 0.05) is 55.5 Å². The summed E-state index contributed by atoms with van der Waals surface area (Å²) in [5.74, 6) is 1.64. The summed E-state index contributed by atoms with van der Waals surface area (Å²) in [6, 6.07) is 13.0. The fraction of sp³-hybridized carbons (Fsp3) is 0.533. The van der Waals surface area contributed by atoms with Crippen LogP contribution in [0.5, 0.6) is 17.6 Å². The summed E-state index contributed by atoms with van der Waals surface area (Å²) in [6.07, 6.45) is 10.7. The normalized spacial score (nSPS) is 22.2. The summed E-state index contributed by atoms with van der Waals surface area (Å²) in [5.41, 5.74) is 5.04. The first kappa shape index (κ1) is 38.5. The molecule has 3 fully saturated rings. The van der Waals surface area contributed by atoms with Crippen LogP contribution in [0.1, 0.15) is 101 Å². The first-order chi connectivity index (χ1) is 28.3. The molecule has 3 saturated heterocycles. The predicted octanol–water partition coefficient (Wildman–Crippen LogP) is 8.03. The SMILES string of the molecule is COCOc1cc2c3c(cccc3c1)C(C)c1c-2ncc2c(N3CCCCCC3)nc(OCC34CCCN3[C@H](COc3cc(C(C(=O)OC)C(C)C)on3)CC4)nc12. The van der Waals surface area contributed by atoms with E-state index in [1.54, 1.807) is 13.2 Å². The zero-order valence-corrected chi connectivity index (χ0v) is 34.3. The van der Waals surface area contributed by atoms with Crippen LogP contribution in [0.25, 0.3) is 32.9 Å². The van der Waals surface area contributed by atoms with Gasteiger partial charge in [-0.1, -0.05) is 51.8 Å². The topological polar surface area (TPSA) is 134 Å². The Morgan fingerprint density at radius 3 is 2.62 bits per heavy atom. The van der Waals surface area contributed by atoms with E-state index in [1.165, 1.54) is 30.9 Å². The molecule has 0 bridgehead atoms. The highest BCUT2D eigenvalue weighted by Gasteiger charge is 2.50. The Morgan fingerprint density at radius 1 is 0.983 bits per heavy atom. The first-order valence-electron chi connectivity index (χ1n) is 21.0. The smallest absolute Gasteiger partial charge is 0.319 e. The van der Waals surface area contributed by atoms with Crippen molar-refractivity contribution < 1.29 is 33.0 Å². The molecule has 9 rings (SSSR count). The number of methoxy groups -OCH3 is 2. The number of pyridine rings is 1. The summed E-state index contributed by atoms with van der Waals surface area (Å²) in [4.78, 5) is 33.1. The average Bonchev–Trinajstić information content (AvgIpc) is 3.89. The summed E-state index contributed by atoms with van der Waals surface area (Å²) in [7, 11) is 3.02. The molecule has 13 nitrogen and oxygen atoms in total. The Balaban J connectivity index is 1.02. The number of hydrogen-bond acceptors (Lipinski definition) is 13. The van der Waals surface area contributed by atoms with Gasteiger partial charge < -0.3 is 33.1 Å². The van der Waals surface area contributed by atoms with E-state index >= 15 is 0 Å². The Kier molecular flexibility index (Phi) is 10.6. The molecule has 4 aliphatic rings. The number of carbonyl (C=O) groups is 1. The molecule has 5 aromatic rings. The molecule has 3 aliphatic heterocycles. The number of anilines is 1. The monoisotopic (exact) mass is 790 g/mol. The molecule has 4 atom stereocenters. The van der Waals surface area contributed by atoms with Crippen LogP contribution in [-0.2, 0) is 14.3 Å². The van der Waals surface area contributed by atoms with Crippen molar-refractivity contribution in [2.75, 3.05) is 58.8 Å². The molecule has 0 saturated carbocycles. The van der Waals surface area contributed by atoms with Gasteiger partial charge in [-0.15, -0.1) is 0 Å². The lowest BCUT2D eigenvalue weighted by molar-refractivity contribution is -0.144. The van der Waals surface area contributed by atoms with Crippen LogP contribution < -0.4 is 19.1 Å². The second kappa shape index (κ2) is 16.0. The molecule has 306 valence electrons. The van der Waals surface area contributed by atoms with E-state index in [0.717, 1.165) is 103 Å². The minimum absolute atomic E-state index is 0.00742. The molecular weight excluding hydrogens is 737 g/mol. The molecule has 3 aromatic heterocycles. The maximum atomic E-state index is 12.4. The van der Waals surface area contributed by atoms with E-state index in [2.05, 4.69) is 52.2 Å². The number of esters is 1. The van der Waals surface area contributed by atoms with E-state index in [0.29, 0.717) is 30.9 Å². The summed E-state index contributed by atoms with van der Waals surface area (Å²) < 4.78 is 34.8. The Morgan fingerprint density at radius 2 is 1.83 bits per heavy atom. The van der Waals surface area contributed by atoms with Crippen LogP contribution in [0.2, 0.25) is 0 Å². The number of aromatic nitrogens is 4. The number of benzene rings is 2. The molecule has 0 N–H and O–H groups in total. The van der Waals surface area contributed by atoms with E-state index < -0.39 is 5.92 Å². The fourth-order valence-corrected chi connectivity index (χ4v) is 10.1. The minimum atomic E-state index is -0.536. The lowest BCUT2D eigenvalue weighted by Crippen LogP contribution is -2.48. The van der Waals surface area contributed by atoms with Crippen LogP contribution in [-0.4, -0.2) is 96.4 Å². The van der Waals surface area contributed by atoms with E-state index in [9.17, 15) is 4.79 Å². The molecule has 0 amide bonds. The van der Waals surface area contributed by atoms with Gasteiger partial charge in [-0.2, -0.15) is 9.97 Å². The molecule has 13 heteroatoms. The number of ether oxygens (including phenoxy) is 5. The number of hydrogen-bond donors (Lipinski definition) is 0. The zero-order chi connectivity index (χ0) is 40.0. The second-order valence-electron chi connectivity index (χ2n) is 16.8. The summed E-state index contributed by atoms with van der Waals surface area (Å²) in [5, 5.41) is 7.42. The van der Waals surface area contributed by atoms with Crippen molar-refractivity contribution in [3.8, 4) is 28.9 Å². The Labute approximate surface area is 339 Å². The van der Waals surface area contributed by atoms with Gasteiger partial charge >= 0.3 is 12.0 Å². The maximum Gasteiger partial charge on any atom is 0.319 e. The van der Waals surface area contributed by atoms with Crippen molar-refractivity contribution in [3.05, 3.63) is 59.5 Å². The standard InChI is InChI=1S/C45H54N6O7/c1-27(2)37(43(52)54-5)35-22-36(49-58-35)55-24-30-14-16-45(15-11-19-51(30)45)25-56-44-47-41-34(42(48-44)50-17-8-6-7-9-18-50)23-46-40-33-21-31(57-26-53-4)20-29-12-10-13-32(39(29)33)28(3)38(40)41/h10,12-13,20-23,27-28,30,37H,6-9,11,14-19,24-26H2,1-5H3/t28?,30-,37?,45?/m0/s1. The van der Waals surface area contributed by atoms with Crippen molar-refractivity contribution in [1.29, 1.82) is 0 Å². The van der Waals surface area contributed by atoms with Crippen molar-refractivity contribution in [2.24, 2.45) is 5.92 Å². The average molecular weight is 791 g/mol. The quantitative estimate of drug-likeness (QED) is 0.0842. The summed E-state index contributed by atoms with van der Waals surface area (Å²) in [6.45, 7) is 10.1. The molecule has 0 radical (unpaired) electrons. The van der Waals surface area contributed by atoms with Crippen molar-refractivity contribution in [1.82, 2.24) is 25.0 Å². The highest BCUT2D eigenvalue weighted by molar-refractivity contribution is 6.06. The van der Waals surface area contributed by atoms with Gasteiger partial charge in [0.1, 0.15) is 30.7 Å². The van der Waals surface area contributed by atoms with E-state index in [4.69, 9.17) is 43.2 Å². The third-order valence-electron chi connectivity index (χ3n) is 13.0.